The van der Waals surface area contributed by atoms with Crippen molar-refractivity contribution in [2.24, 2.45) is 0 Å². The summed E-state index contributed by atoms with van der Waals surface area (Å²) in [6.07, 6.45) is 0. The van der Waals surface area contributed by atoms with Gasteiger partial charge in [0.1, 0.15) is 16.8 Å². The number of amides is 1. The number of aromatic nitrogens is 5. The van der Waals surface area contributed by atoms with Crippen LogP contribution in [0.1, 0.15) is 39.1 Å². The predicted molar refractivity (Wildman–Crippen MR) is 106 cm³/mol. The molecule has 0 aliphatic heterocycles. The molecule has 29 heavy (non-hydrogen) atoms. The van der Waals surface area contributed by atoms with Gasteiger partial charge in [-0.3, -0.25) is 4.79 Å². The Morgan fingerprint density at radius 1 is 1.38 bits per heavy atom. The van der Waals surface area contributed by atoms with E-state index in [0.717, 1.165) is 5.52 Å². The van der Waals surface area contributed by atoms with Crippen LogP contribution in [0.25, 0.3) is 22.6 Å². The average Bonchev–Trinajstić information content (AvgIpc) is 3.21. The molecule has 3 rings (SSSR count). The Bertz CT molecular complexity index is 1130. The van der Waals surface area contributed by atoms with Crippen molar-refractivity contribution in [3.63, 3.8) is 0 Å². The van der Waals surface area contributed by atoms with Gasteiger partial charge in [-0.25, -0.2) is 14.6 Å². The number of anilines is 1. The van der Waals surface area contributed by atoms with Crippen molar-refractivity contribution in [1.29, 1.82) is 0 Å². The smallest absolute Gasteiger partial charge is 0.219 e. The van der Waals surface area contributed by atoms with Gasteiger partial charge < -0.3 is 20.3 Å². The highest BCUT2D eigenvalue weighted by molar-refractivity contribution is 5.85. The molecule has 0 radical (unpaired) electrons. The summed E-state index contributed by atoms with van der Waals surface area (Å²) in [5.41, 5.74) is 7.31. The number of pyridine rings is 1. The number of hydrogen-bond donors (Lipinski definition) is 2. The minimum Gasteiger partial charge on any atom is -0.379 e. The molecule has 10 heteroatoms. The van der Waals surface area contributed by atoms with Crippen LogP contribution in [-0.4, -0.2) is 53.4 Å². The van der Waals surface area contributed by atoms with Crippen molar-refractivity contribution in [3.05, 3.63) is 17.5 Å². The Balaban J connectivity index is 2.27. The fourth-order valence-electron chi connectivity index (χ4n) is 2.76. The van der Waals surface area contributed by atoms with Gasteiger partial charge in [0.2, 0.25) is 5.91 Å². The third-order valence-electron chi connectivity index (χ3n) is 4.26. The maximum Gasteiger partial charge on any atom is 0.219 e. The molecule has 0 bridgehead atoms. The number of aryl methyl sites for hydroxylation is 1. The van der Waals surface area contributed by atoms with Crippen molar-refractivity contribution >= 4 is 22.8 Å². The minimum atomic E-state index is -1.20. The Labute approximate surface area is 167 Å². The molecule has 0 fully saturated rings. The van der Waals surface area contributed by atoms with Crippen LogP contribution in [-0.2, 0) is 17.9 Å². The number of imidazole rings is 1. The zero-order valence-corrected chi connectivity index (χ0v) is 17.0. The van der Waals surface area contributed by atoms with Crippen LogP contribution in [0.2, 0.25) is 0 Å². The largest absolute Gasteiger partial charge is 0.379 e. The lowest BCUT2D eigenvalue weighted by Gasteiger charge is -2.14. The molecule has 0 saturated heterocycles. The van der Waals surface area contributed by atoms with E-state index in [1.807, 2.05) is 17.6 Å². The van der Waals surface area contributed by atoms with Gasteiger partial charge >= 0.3 is 0 Å². The van der Waals surface area contributed by atoms with E-state index in [0.29, 0.717) is 41.5 Å². The van der Waals surface area contributed by atoms with Crippen LogP contribution in [0.5, 0.6) is 0 Å². The highest BCUT2D eigenvalue weighted by Gasteiger charge is 2.21. The molecule has 0 saturated carbocycles. The lowest BCUT2D eigenvalue weighted by atomic mass is 10.1. The summed E-state index contributed by atoms with van der Waals surface area (Å²) >= 11 is 0. The van der Waals surface area contributed by atoms with E-state index in [2.05, 4.69) is 32.1 Å². The molecule has 0 aliphatic carbocycles. The standard InChI is InChI=1S/C19H23N7O3/c1-6-26-14-9-12(10-25(5)11(2)27)21-13(7-8-19(3,4)28)15(14)22-18(26)16-17(20)24-29-23-16/h9,28H,6,10H2,1-5H3,(H2,20,24). The first-order valence-electron chi connectivity index (χ1n) is 9.06. The van der Waals surface area contributed by atoms with Crippen LogP contribution in [0, 0.1) is 11.8 Å². The Hall–Kier alpha value is -3.45. The molecule has 152 valence electrons. The molecule has 10 nitrogen and oxygen atoms in total. The molecule has 3 N–H and O–H groups in total. The number of carbonyl (C=O) groups is 1. The van der Waals surface area contributed by atoms with Crippen LogP contribution in [0.15, 0.2) is 10.7 Å². The van der Waals surface area contributed by atoms with Crippen molar-refractivity contribution in [3.8, 4) is 23.4 Å². The fraction of sp³-hybridized carbons (Fsp3) is 0.421. The molecule has 1 amide bonds. The van der Waals surface area contributed by atoms with E-state index < -0.39 is 5.60 Å². The molecule has 3 aromatic heterocycles. The first kappa shape index (κ1) is 20.3. The topological polar surface area (TPSA) is 136 Å². The minimum absolute atomic E-state index is 0.0813. The maximum absolute atomic E-state index is 11.7. The van der Waals surface area contributed by atoms with Crippen molar-refractivity contribution in [2.45, 2.75) is 46.4 Å². The highest BCUT2D eigenvalue weighted by Crippen LogP contribution is 2.28. The molecule has 3 aromatic rings. The van der Waals surface area contributed by atoms with E-state index >= 15 is 0 Å². The first-order chi connectivity index (χ1) is 13.6. The van der Waals surface area contributed by atoms with Gasteiger partial charge in [0, 0.05) is 20.5 Å². The molecule has 0 aliphatic rings. The van der Waals surface area contributed by atoms with E-state index in [1.54, 1.807) is 25.8 Å². The third-order valence-corrected chi connectivity index (χ3v) is 4.26. The zero-order chi connectivity index (χ0) is 21.3. The molecule has 0 spiro atoms. The quantitative estimate of drug-likeness (QED) is 0.626. The Morgan fingerprint density at radius 3 is 2.66 bits per heavy atom. The second-order valence-corrected chi connectivity index (χ2v) is 7.19. The zero-order valence-electron chi connectivity index (χ0n) is 17.0. The van der Waals surface area contributed by atoms with Crippen LogP contribution in [0.3, 0.4) is 0 Å². The summed E-state index contributed by atoms with van der Waals surface area (Å²) in [6, 6.07) is 1.85. The van der Waals surface area contributed by atoms with Crippen LogP contribution >= 0.6 is 0 Å². The van der Waals surface area contributed by atoms with Crippen molar-refractivity contribution in [1.82, 2.24) is 29.7 Å². The summed E-state index contributed by atoms with van der Waals surface area (Å²) < 4.78 is 6.62. The number of carbonyl (C=O) groups excluding carboxylic acids is 1. The molecule has 0 atom stereocenters. The second kappa shape index (κ2) is 7.52. The molecular weight excluding hydrogens is 374 g/mol. The summed E-state index contributed by atoms with van der Waals surface area (Å²) in [5.74, 6) is 6.21. The molecule has 0 unspecified atom stereocenters. The van der Waals surface area contributed by atoms with Crippen LogP contribution < -0.4 is 5.73 Å². The van der Waals surface area contributed by atoms with E-state index in [1.165, 1.54) is 6.92 Å². The SMILES string of the molecule is CCn1c(-c2nonc2N)nc2c(C#CC(C)(C)O)nc(CN(C)C(C)=O)cc21. The number of nitrogen functional groups attached to an aromatic ring is 1. The van der Waals surface area contributed by atoms with Gasteiger partial charge in [-0.1, -0.05) is 5.92 Å². The maximum atomic E-state index is 11.7. The lowest BCUT2D eigenvalue weighted by molar-refractivity contribution is -0.128. The van der Waals surface area contributed by atoms with Gasteiger partial charge in [0.05, 0.1) is 17.8 Å². The van der Waals surface area contributed by atoms with Gasteiger partial charge in [-0.15, -0.1) is 0 Å². The third kappa shape index (κ3) is 4.20. The number of fused-ring (bicyclic) bond motifs is 1. The number of hydrogen-bond acceptors (Lipinski definition) is 8. The van der Waals surface area contributed by atoms with Gasteiger partial charge in [0.15, 0.2) is 17.3 Å². The van der Waals surface area contributed by atoms with Crippen molar-refractivity contribution < 1.29 is 14.5 Å². The first-order valence-corrected chi connectivity index (χ1v) is 9.06. The van der Waals surface area contributed by atoms with E-state index in [9.17, 15) is 9.90 Å². The predicted octanol–water partition coefficient (Wildman–Crippen LogP) is 1.18. The second-order valence-electron chi connectivity index (χ2n) is 7.19. The fourth-order valence-corrected chi connectivity index (χ4v) is 2.76. The van der Waals surface area contributed by atoms with E-state index in [4.69, 9.17) is 10.4 Å². The highest BCUT2D eigenvalue weighted by atomic mass is 16.6. The van der Waals surface area contributed by atoms with E-state index in [-0.39, 0.29) is 11.7 Å². The summed E-state index contributed by atoms with van der Waals surface area (Å²) in [7, 11) is 1.70. The summed E-state index contributed by atoms with van der Waals surface area (Å²) in [4.78, 5) is 22.4. The monoisotopic (exact) mass is 397 g/mol. The Kier molecular flexibility index (Phi) is 5.26. The van der Waals surface area contributed by atoms with Gasteiger partial charge in [-0.2, -0.15) is 0 Å². The number of rotatable bonds is 4. The molecular formula is C19H23N7O3. The van der Waals surface area contributed by atoms with Crippen LogP contribution in [0.4, 0.5) is 5.82 Å². The summed E-state index contributed by atoms with van der Waals surface area (Å²) in [5, 5.41) is 17.5. The van der Waals surface area contributed by atoms with Crippen molar-refractivity contribution in [2.75, 3.05) is 12.8 Å². The van der Waals surface area contributed by atoms with Gasteiger partial charge in [0.25, 0.3) is 0 Å². The Morgan fingerprint density at radius 2 is 2.10 bits per heavy atom. The molecule has 3 heterocycles. The number of aliphatic hydroxyl groups is 1. The number of nitrogens with zero attached hydrogens (tertiary/aromatic N) is 6. The van der Waals surface area contributed by atoms with Gasteiger partial charge in [-0.05, 0) is 43.1 Å². The lowest BCUT2D eigenvalue weighted by Crippen LogP contribution is -2.23. The normalized spacial score (nSPS) is 11.4. The average molecular weight is 397 g/mol. The summed E-state index contributed by atoms with van der Waals surface area (Å²) in [6.45, 7) is 7.49. The number of nitrogens with two attached hydrogens (primary N) is 1. The molecule has 0 aromatic carbocycles.